The Morgan fingerprint density at radius 2 is 1.91 bits per heavy atom. The van der Waals surface area contributed by atoms with E-state index in [9.17, 15) is 13.2 Å². The minimum atomic E-state index is -4.27. The van der Waals surface area contributed by atoms with Gasteiger partial charge in [-0.05, 0) is 56.6 Å². The summed E-state index contributed by atoms with van der Waals surface area (Å²) in [6.07, 6.45) is -1.78. The van der Waals surface area contributed by atoms with Crippen LogP contribution in [-0.4, -0.2) is 50.7 Å². The molecule has 0 aliphatic carbocycles. The van der Waals surface area contributed by atoms with Gasteiger partial charge in [0.25, 0.3) is 0 Å². The van der Waals surface area contributed by atoms with E-state index in [4.69, 9.17) is 0 Å². The number of alkyl halides is 3. The third-order valence-electron chi connectivity index (χ3n) is 4.93. The lowest BCUT2D eigenvalue weighted by Gasteiger charge is -2.36. The number of rotatable bonds is 4. The molecule has 2 fully saturated rings. The molecule has 0 bridgehead atoms. The number of piperazine rings is 1. The van der Waals surface area contributed by atoms with Gasteiger partial charge in [0.15, 0.2) is 0 Å². The van der Waals surface area contributed by atoms with Crippen LogP contribution in [0.25, 0.3) is 0 Å². The standard InChI is InChI=1S/C17H24F3N3/c18-17(19,20)15-2-1-3-16(12-15)23-10-8-22(9-11-23)7-5-14-4-6-21-13-14/h1-3,12,14,21H,4-11,13H2. The fourth-order valence-electron chi connectivity index (χ4n) is 3.43. The largest absolute Gasteiger partial charge is 0.416 e. The second kappa shape index (κ2) is 7.09. The lowest BCUT2D eigenvalue weighted by atomic mass is 10.0. The first kappa shape index (κ1) is 16.6. The average molecular weight is 327 g/mol. The van der Waals surface area contributed by atoms with Crippen molar-refractivity contribution in [3.8, 4) is 0 Å². The molecule has 1 N–H and O–H groups in total. The second-order valence-corrected chi connectivity index (χ2v) is 6.52. The zero-order chi connectivity index (χ0) is 16.3. The molecule has 1 aromatic carbocycles. The van der Waals surface area contributed by atoms with Crippen molar-refractivity contribution in [2.75, 3.05) is 50.7 Å². The van der Waals surface area contributed by atoms with Crippen LogP contribution in [-0.2, 0) is 6.18 Å². The quantitative estimate of drug-likeness (QED) is 0.917. The normalized spacial score (nSPS) is 23.4. The third kappa shape index (κ3) is 4.38. The van der Waals surface area contributed by atoms with Gasteiger partial charge < -0.3 is 10.2 Å². The van der Waals surface area contributed by atoms with Crippen molar-refractivity contribution in [2.24, 2.45) is 5.92 Å². The van der Waals surface area contributed by atoms with E-state index < -0.39 is 11.7 Å². The van der Waals surface area contributed by atoms with E-state index in [1.54, 1.807) is 6.07 Å². The zero-order valence-electron chi connectivity index (χ0n) is 13.3. The van der Waals surface area contributed by atoms with Crippen LogP contribution in [0.1, 0.15) is 18.4 Å². The van der Waals surface area contributed by atoms with Crippen LogP contribution >= 0.6 is 0 Å². The topological polar surface area (TPSA) is 18.5 Å². The molecule has 0 radical (unpaired) electrons. The number of hydrogen-bond acceptors (Lipinski definition) is 3. The minimum Gasteiger partial charge on any atom is -0.369 e. The number of anilines is 1. The first-order valence-corrected chi connectivity index (χ1v) is 8.37. The van der Waals surface area contributed by atoms with E-state index >= 15 is 0 Å². The summed E-state index contributed by atoms with van der Waals surface area (Å²) < 4.78 is 38.4. The minimum absolute atomic E-state index is 0.564. The van der Waals surface area contributed by atoms with Gasteiger partial charge >= 0.3 is 6.18 Å². The molecular formula is C17H24F3N3. The molecule has 2 heterocycles. The highest BCUT2D eigenvalue weighted by atomic mass is 19.4. The predicted octanol–water partition coefficient (Wildman–Crippen LogP) is 2.83. The Morgan fingerprint density at radius 3 is 2.57 bits per heavy atom. The molecule has 0 spiro atoms. The molecule has 3 nitrogen and oxygen atoms in total. The predicted molar refractivity (Wildman–Crippen MR) is 85.7 cm³/mol. The van der Waals surface area contributed by atoms with Crippen molar-refractivity contribution in [1.82, 2.24) is 10.2 Å². The Morgan fingerprint density at radius 1 is 1.13 bits per heavy atom. The SMILES string of the molecule is FC(F)(F)c1cccc(N2CCN(CCC3CCNC3)CC2)c1. The molecule has 23 heavy (non-hydrogen) atoms. The summed E-state index contributed by atoms with van der Waals surface area (Å²) in [5.41, 5.74) is 0.116. The van der Waals surface area contributed by atoms with E-state index in [0.29, 0.717) is 5.69 Å². The average Bonchev–Trinajstić information content (AvgIpc) is 3.06. The molecule has 2 aliphatic heterocycles. The number of nitrogens with zero attached hydrogens (tertiary/aromatic N) is 2. The van der Waals surface area contributed by atoms with Crippen molar-refractivity contribution in [2.45, 2.75) is 19.0 Å². The number of hydrogen-bond donors (Lipinski definition) is 1. The van der Waals surface area contributed by atoms with E-state index in [2.05, 4.69) is 15.1 Å². The van der Waals surface area contributed by atoms with E-state index in [1.165, 1.54) is 25.0 Å². The van der Waals surface area contributed by atoms with Gasteiger partial charge in [-0.15, -0.1) is 0 Å². The van der Waals surface area contributed by atoms with Crippen molar-refractivity contribution in [3.05, 3.63) is 29.8 Å². The van der Waals surface area contributed by atoms with Crippen molar-refractivity contribution < 1.29 is 13.2 Å². The highest BCUT2D eigenvalue weighted by molar-refractivity contribution is 5.49. The summed E-state index contributed by atoms with van der Waals surface area (Å²) >= 11 is 0. The van der Waals surface area contributed by atoms with Crippen LogP contribution in [0.3, 0.4) is 0 Å². The molecule has 3 rings (SSSR count). The fraction of sp³-hybridized carbons (Fsp3) is 0.647. The Kier molecular flexibility index (Phi) is 5.11. The van der Waals surface area contributed by atoms with Crippen LogP contribution in [0, 0.1) is 5.92 Å². The summed E-state index contributed by atoms with van der Waals surface area (Å²) in [5.74, 6) is 0.788. The van der Waals surface area contributed by atoms with Crippen molar-refractivity contribution >= 4 is 5.69 Å². The fourth-order valence-corrected chi connectivity index (χ4v) is 3.43. The van der Waals surface area contributed by atoms with Gasteiger partial charge in [-0.2, -0.15) is 13.2 Å². The molecule has 2 saturated heterocycles. The molecule has 1 atom stereocenters. The van der Waals surface area contributed by atoms with Crippen LogP contribution in [0.2, 0.25) is 0 Å². The molecular weight excluding hydrogens is 303 g/mol. The van der Waals surface area contributed by atoms with Gasteiger partial charge in [0.2, 0.25) is 0 Å². The third-order valence-corrected chi connectivity index (χ3v) is 4.93. The zero-order valence-corrected chi connectivity index (χ0v) is 13.3. The van der Waals surface area contributed by atoms with Crippen LogP contribution in [0.15, 0.2) is 24.3 Å². The molecule has 0 saturated carbocycles. The van der Waals surface area contributed by atoms with Crippen LogP contribution in [0.4, 0.5) is 18.9 Å². The number of benzene rings is 1. The van der Waals surface area contributed by atoms with Gasteiger partial charge in [0.1, 0.15) is 0 Å². The molecule has 1 aromatic rings. The molecule has 0 aromatic heterocycles. The number of halogens is 3. The van der Waals surface area contributed by atoms with Gasteiger partial charge in [-0.25, -0.2) is 0 Å². The Bertz CT molecular complexity index is 504. The summed E-state index contributed by atoms with van der Waals surface area (Å²) in [7, 11) is 0. The van der Waals surface area contributed by atoms with Gasteiger partial charge in [0.05, 0.1) is 5.56 Å². The maximum absolute atomic E-state index is 12.8. The van der Waals surface area contributed by atoms with E-state index in [1.807, 2.05) is 0 Å². The van der Waals surface area contributed by atoms with Gasteiger partial charge in [0, 0.05) is 31.9 Å². The Balaban J connectivity index is 1.50. The van der Waals surface area contributed by atoms with Crippen molar-refractivity contribution in [1.29, 1.82) is 0 Å². The highest BCUT2D eigenvalue weighted by Crippen LogP contribution is 2.31. The number of nitrogens with one attached hydrogen (secondary N) is 1. The maximum atomic E-state index is 12.8. The molecule has 128 valence electrons. The Hall–Kier alpha value is -1.27. The highest BCUT2D eigenvalue weighted by Gasteiger charge is 2.31. The van der Waals surface area contributed by atoms with Crippen LogP contribution < -0.4 is 10.2 Å². The first-order chi connectivity index (χ1) is 11.0. The summed E-state index contributed by atoms with van der Waals surface area (Å²) in [5, 5.41) is 3.39. The van der Waals surface area contributed by atoms with E-state index in [-0.39, 0.29) is 0 Å². The second-order valence-electron chi connectivity index (χ2n) is 6.52. The molecule has 0 amide bonds. The summed E-state index contributed by atoms with van der Waals surface area (Å²) in [4.78, 5) is 4.49. The van der Waals surface area contributed by atoms with E-state index in [0.717, 1.165) is 57.8 Å². The lowest BCUT2D eigenvalue weighted by molar-refractivity contribution is -0.137. The summed E-state index contributed by atoms with van der Waals surface area (Å²) in [6.45, 7) is 6.81. The van der Waals surface area contributed by atoms with Gasteiger partial charge in [-0.3, -0.25) is 4.90 Å². The molecule has 2 aliphatic rings. The smallest absolute Gasteiger partial charge is 0.369 e. The van der Waals surface area contributed by atoms with Crippen molar-refractivity contribution in [3.63, 3.8) is 0 Å². The van der Waals surface area contributed by atoms with Crippen LogP contribution in [0.5, 0.6) is 0 Å². The van der Waals surface area contributed by atoms with Gasteiger partial charge in [-0.1, -0.05) is 6.07 Å². The first-order valence-electron chi connectivity index (χ1n) is 8.37. The molecule has 6 heteroatoms. The summed E-state index contributed by atoms with van der Waals surface area (Å²) in [6, 6.07) is 5.67. The monoisotopic (exact) mass is 327 g/mol. The maximum Gasteiger partial charge on any atom is 0.416 e. The Labute approximate surface area is 135 Å². The molecule has 1 unspecified atom stereocenters. The lowest BCUT2D eigenvalue weighted by Crippen LogP contribution is -2.47.